The fraction of sp³-hybridized carbons (Fsp3) is 0.458. The van der Waals surface area contributed by atoms with E-state index in [-0.39, 0.29) is 11.9 Å². The number of carbonyl (C=O) groups excluding carboxylic acids is 2. The van der Waals surface area contributed by atoms with Crippen LogP contribution in [0.4, 0.5) is 5.00 Å². The van der Waals surface area contributed by atoms with E-state index in [1.807, 2.05) is 38.1 Å². The van der Waals surface area contributed by atoms with Crippen LogP contribution < -0.4 is 5.32 Å². The van der Waals surface area contributed by atoms with Gasteiger partial charge in [0.05, 0.1) is 25.9 Å². The Morgan fingerprint density at radius 1 is 1.42 bits per heavy atom. The second-order valence-corrected chi connectivity index (χ2v) is 8.08. The molecular weight excluding hydrogens is 442 g/mol. The first-order valence-corrected chi connectivity index (χ1v) is 11.8. The second-order valence-electron chi connectivity index (χ2n) is 7.09. The lowest BCUT2D eigenvalue weighted by molar-refractivity contribution is -0.133. The van der Waals surface area contributed by atoms with E-state index in [0.29, 0.717) is 43.5 Å². The number of likely N-dealkylation sites (tertiary alicyclic amines) is 1. The molecule has 1 aromatic carbocycles. The van der Waals surface area contributed by atoms with Gasteiger partial charge < -0.3 is 24.8 Å². The molecule has 178 valence electrons. The lowest BCUT2D eigenvalue weighted by Gasteiger charge is -2.27. The number of rotatable bonds is 5. The van der Waals surface area contributed by atoms with Gasteiger partial charge >= 0.3 is 5.97 Å². The van der Waals surface area contributed by atoms with E-state index in [1.54, 1.807) is 14.0 Å². The molecule has 2 aromatic rings. The zero-order valence-corrected chi connectivity index (χ0v) is 20.3. The van der Waals surface area contributed by atoms with E-state index < -0.39 is 12.1 Å². The molecule has 2 aliphatic heterocycles. The number of hydrogen-bond acceptors (Lipinski definition) is 8. The van der Waals surface area contributed by atoms with E-state index in [0.717, 1.165) is 16.1 Å². The summed E-state index contributed by atoms with van der Waals surface area (Å²) in [5.74, 6) is 2.03. The molecule has 2 aliphatic rings. The van der Waals surface area contributed by atoms with Gasteiger partial charge in [-0.15, -0.1) is 6.42 Å². The average molecular weight is 474 g/mol. The number of likely N-dealkylation sites (N-methyl/N-ethyl adjacent to an activating group) is 1. The standard InChI is InChI=1S/C17H16N2O3S.C5H9NO2.C2H6/c1-3-11-6-5-7-12(8-11)15-19-14(17(20)22-4-2)16(23-15)18-13-9-21-10-13;1-6-3-2-4(7)5(6)8;1-2/h1,5-8,13,18H,4,9-10H2,2H3;4,7H,2-3H2,1H3;1-2H3. The van der Waals surface area contributed by atoms with E-state index >= 15 is 0 Å². The Morgan fingerprint density at radius 3 is 2.64 bits per heavy atom. The van der Waals surface area contributed by atoms with Crippen molar-refractivity contribution >= 4 is 28.2 Å². The molecule has 33 heavy (non-hydrogen) atoms. The van der Waals surface area contributed by atoms with Crippen molar-refractivity contribution in [2.75, 3.05) is 38.7 Å². The minimum absolute atomic E-state index is 0.148. The molecular formula is C24H31N3O5S. The summed E-state index contributed by atoms with van der Waals surface area (Å²) < 4.78 is 10.3. The van der Waals surface area contributed by atoms with Crippen LogP contribution in [0.2, 0.25) is 0 Å². The van der Waals surface area contributed by atoms with Crippen molar-refractivity contribution in [2.45, 2.75) is 39.3 Å². The van der Waals surface area contributed by atoms with Crippen molar-refractivity contribution in [1.29, 1.82) is 0 Å². The molecule has 1 aromatic heterocycles. The molecule has 0 spiro atoms. The summed E-state index contributed by atoms with van der Waals surface area (Å²) >= 11 is 1.42. The smallest absolute Gasteiger partial charge is 0.360 e. The number of nitrogens with one attached hydrogen (secondary N) is 1. The van der Waals surface area contributed by atoms with Gasteiger partial charge in [0.25, 0.3) is 5.91 Å². The largest absolute Gasteiger partial charge is 0.461 e. The van der Waals surface area contributed by atoms with Crippen LogP contribution in [0.25, 0.3) is 10.6 Å². The van der Waals surface area contributed by atoms with Crippen molar-refractivity contribution in [3.05, 3.63) is 35.5 Å². The SMILES string of the molecule is C#Cc1cccc(-c2nc(C(=O)OCC)c(NC3COC3)s2)c1.CC.CN1CCC(O)C1=O. The Balaban J connectivity index is 0.000000323. The lowest BCUT2D eigenvalue weighted by atomic mass is 10.1. The number of benzene rings is 1. The molecule has 9 heteroatoms. The number of thiazole rings is 1. The topological polar surface area (TPSA) is 101 Å². The van der Waals surface area contributed by atoms with Gasteiger partial charge in [-0.2, -0.15) is 0 Å². The molecule has 0 radical (unpaired) electrons. The molecule has 2 N–H and O–H groups in total. The number of carbonyl (C=O) groups is 2. The predicted molar refractivity (Wildman–Crippen MR) is 129 cm³/mol. The highest BCUT2D eigenvalue weighted by atomic mass is 32.1. The monoisotopic (exact) mass is 473 g/mol. The zero-order valence-electron chi connectivity index (χ0n) is 19.5. The summed E-state index contributed by atoms with van der Waals surface area (Å²) in [5.41, 5.74) is 1.97. The molecule has 0 saturated carbocycles. The third kappa shape index (κ3) is 7.02. The van der Waals surface area contributed by atoms with Crippen molar-refractivity contribution in [3.63, 3.8) is 0 Å². The number of esters is 1. The van der Waals surface area contributed by atoms with E-state index in [4.69, 9.17) is 21.0 Å². The Hall–Kier alpha value is -2.93. The minimum Gasteiger partial charge on any atom is -0.461 e. The highest BCUT2D eigenvalue weighted by molar-refractivity contribution is 7.19. The number of ether oxygens (including phenoxy) is 2. The molecule has 4 rings (SSSR count). The van der Waals surface area contributed by atoms with Crippen molar-refractivity contribution in [1.82, 2.24) is 9.88 Å². The molecule has 0 bridgehead atoms. The Labute approximate surface area is 198 Å². The van der Waals surface area contributed by atoms with Crippen LogP contribution in [0.15, 0.2) is 24.3 Å². The van der Waals surface area contributed by atoms with Crippen LogP contribution in [-0.4, -0.2) is 72.4 Å². The van der Waals surface area contributed by atoms with Crippen LogP contribution in [0.5, 0.6) is 0 Å². The van der Waals surface area contributed by atoms with E-state index in [1.165, 1.54) is 16.2 Å². The summed E-state index contributed by atoms with van der Waals surface area (Å²) in [7, 11) is 1.69. The highest BCUT2D eigenvalue weighted by Gasteiger charge is 2.26. The van der Waals surface area contributed by atoms with Gasteiger partial charge in [0.2, 0.25) is 0 Å². The summed E-state index contributed by atoms with van der Waals surface area (Å²) in [5, 5.41) is 13.5. The van der Waals surface area contributed by atoms with Gasteiger partial charge in [-0.3, -0.25) is 4.79 Å². The maximum Gasteiger partial charge on any atom is 0.360 e. The lowest BCUT2D eigenvalue weighted by Crippen LogP contribution is -2.40. The van der Waals surface area contributed by atoms with Gasteiger partial charge in [-0.25, -0.2) is 9.78 Å². The number of terminal acetylenes is 1. The summed E-state index contributed by atoms with van der Waals surface area (Å²) in [6.45, 7) is 8.03. The van der Waals surface area contributed by atoms with Crippen LogP contribution >= 0.6 is 11.3 Å². The molecule has 1 amide bonds. The fourth-order valence-electron chi connectivity index (χ4n) is 2.93. The van der Waals surface area contributed by atoms with Crippen LogP contribution in [-0.2, 0) is 14.3 Å². The number of hydrogen-bond donors (Lipinski definition) is 2. The molecule has 0 aliphatic carbocycles. The zero-order chi connectivity index (χ0) is 24.4. The number of aromatic nitrogens is 1. The quantitative estimate of drug-likeness (QED) is 0.508. The third-order valence-electron chi connectivity index (χ3n) is 4.74. The Morgan fingerprint density at radius 2 is 2.15 bits per heavy atom. The van der Waals surface area contributed by atoms with Crippen LogP contribution in [0.1, 0.15) is 43.2 Å². The molecule has 1 atom stereocenters. The van der Waals surface area contributed by atoms with Gasteiger partial charge in [-0.05, 0) is 25.5 Å². The summed E-state index contributed by atoms with van der Waals surface area (Å²) in [6, 6.07) is 7.74. The van der Waals surface area contributed by atoms with E-state index in [2.05, 4.69) is 16.2 Å². The molecule has 1 unspecified atom stereocenters. The normalized spacial score (nSPS) is 17.0. The average Bonchev–Trinajstić information content (AvgIpc) is 3.37. The van der Waals surface area contributed by atoms with Crippen LogP contribution in [0.3, 0.4) is 0 Å². The second kappa shape index (κ2) is 12.9. The van der Waals surface area contributed by atoms with Crippen LogP contribution in [0, 0.1) is 12.3 Å². The van der Waals surface area contributed by atoms with Gasteiger partial charge in [0, 0.05) is 24.7 Å². The number of nitrogens with zero attached hydrogens (tertiary/aromatic N) is 2. The van der Waals surface area contributed by atoms with Gasteiger partial charge in [-0.1, -0.05) is 43.2 Å². The maximum atomic E-state index is 12.1. The number of amides is 1. The first-order valence-electron chi connectivity index (χ1n) is 10.9. The van der Waals surface area contributed by atoms with Crippen molar-refractivity contribution < 1.29 is 24.2 Å². The highest BCUT2D eigenvalue weighted by Crippen LogP contribution is 2.34. The van der Waals surface area contributed by atoms with E-state index in [9.17, 15) is 9.59 Å². The Bertz CT molecular complexity index is 969. The first-order chi connectivity index (χ1) is 15.9. The minimum atomic E-state index is -0.722. The number of anilines is 1. The number of aliphatic hydroxyl groups is 1. The van der Waals surface area contributed by atoms with Gasteiger partial charge in [0.15, 0.2) is 5.69 Å². The molecule has 2 saturated heterocycles. The first kappa shape index (κ1) is 26.3. The molecule has 3 heterocycles. The summed E-state index contributed by atoms with van der Waals surface area (Å²) in [6.07, 6.45) is 5.31. The maximum absolute atomic E-state index is 12.1. The number of aliphatic hydroxyl groups excluding tert-OH is 1. The van der Waals surface area contributed by atoms with Crippen molar-refractivity contribution in [3.8, 4) is 22.9 Å². The summed E-state index contributed by atoms with van der Waals surface area (Å²) in [4.78, 5) is 28.7. The van der Waals surface area contributed by atoms with Gasteiger partial charge in [0.1, 0.15) is 16.1 Å². The fourth-order valence-corrected chi connectivity index (χ4v) is 3.96. The predicted octanol–water partition coefficient (Wildman–Crippen LogP) is 3.01. The Kier molecular flexibility index (Phi) is 10.3. The molecule has 2 fully saturated rings. The third-order valence-corrected chi connectivity index (χ3v) is 5.78. The molecule has 8 nitrogen and oxygen atoms in total. The van der Waals surface area contributed by atoms with Crippen molar-refractivity contribution in [2.24, 2.45) is 0 Å².